The molecule has 18 heavy (non-hydrogen) atoms. The minimum absolute atomic E-state index is 0.502. The third-order valence-corrected chi connectivity index (χ3v) is 3.72. The summed E-state index contributed by atoms with van der Waals surface area (Å²) in [7, 11) is 2.18. The number of aliphatic carboxylic acids is 1. The molecule has 1 aliphatic rings. The lowest BCUT2D eigenvalue weighted by Crippen LogP contribution is -2.31. The summed E-state index contributed by atoms with van der Waals surface area (Å²) < 4.78 is 0. The van der Waals surface area contributed by atoms with E-state index < -0.39 is 5.97 Å². The zero-order valence-electron chi connectivity index (χ0n) is 11.6. The van der Waals surface area contributed by atoms with Crippen LogP contribution in [0.2, 0.25) is 0 Å². The molecule has 1 fully saturated rings. The average Bonchev–Trinajstić information content (AvgIpc) is 2.35. The summed E-state index contributed by atoms with van der Waals surface area (Å²) in [5.41, 5.74) is 0.502. The zero-order valence-corrected chi connectivity index (χ0v) is 11.6. The largest absolute Gasteiger partial charge is 0.478 e. The van der Waals surface area contributed by atoms with Crippen LogP contribution in [-0.2, 0) is 4.79 Å². The summed E-state index contributed by atoms with van der Waals surface area (Å²) in [5, 5.41) is 12.2. The van der Waals surface area contributed by atoms with Crippen LogP contribution in [0.5, 0.6) is 0 Å². The number of nitrogens with one attached hydrogen (secondary N) is 1. The highest BCUT2D eigenvalue weighted by Gasteiger charge is 2.15. The van der Waals surface area contributed by atoms with Crippen molar-refractivity contribution in [2.75, 3.05) is 33.2 Å². The molecule has 1 rings (SSSR count). The average molecular weight is 254 g/mol. The first-order chi connectivity index (χ1) is 8.63. The number of carboxylic acids is 1. The van der Waals surface area contributed by atoms with Crippen LogP contribution >= 0.6 is 0 Å². The summed E-state index contributed by atoms with van der Waals surface area (Å²) in [6.07, 6.45) is 6.17. The van der Waals surface area contributed by atoms with E-state index in [2.05, 4.69) is 17.3 Å². The van der Waals surface area contributed by atoms with Crippen molar-refractivity contribution in [1.29, 1.82) is 0 Å². The molecule has 0 aromatic rings. The van der Waals surface area contributed by atoms with Crippen molar-refractivity contribution < 1.29 is 9.90 Å². The van der Waals surface area contributed by atoms with Crippen molar-refractivity contribution in [1.82, 2.24) is 10.2 Å². The number of likely N-dealkylation sites (tertiary alicyclic amines) is 1. The molecule has 0 bridgehead atoms. The van der Waals surface area contributed by atoms with Gasteiger partial charge in [0, 0.05) is 12.1 Å². The molecule has 4 heteroatoms. The van der Waals surface area contributed by atoms with Crippen LogP contribution < -0.4 is 5.32 Å². The number of carboxylic acid groups (broad SMARTS) is 1. The Kier molecular flexibility index (Phi) is 6.98. The van der Waals surface area contributed by atoms with E-state index >= 15 is 0 Å². The van der Waals surface area contributed by atoms with Gasteiger partial charge >= 0.3 is 5.97 Å². The first-order valence-electron chi connectivity index (χ1n) is 6.95. The van der Waals surface area contributed by atoms with Gasteiger partial charge in [0.1, 0.15) is 0 Å². The fourth-order valence-corrected chi connectivity index (χ4v) is 2.34. The van der Waals surface area contributed by atoms with Gasteiger partial charge in [-0.3, -0.25) is 0 Å². The third kappa shape index (κ3) is 5.65. The molecule has 0 saturated carbocycles. The first kappa shape index (κ1) is 15.2. The Bertz CT molecular complexity index is 282. The molecule has 1 saturated heterocycles. The molecular weight excluding hydrogens is 228 g/mol. The Balaban J connectivity index is 2.10. The monoisotopic (exact) mass is 254 g/mol. The lowest BCUT2D eigenvalue weighted by Gasteiger charge is -2.28. The summed E-state index contributed by atoms with van der Waals surface area (Å²) in [6.45, 7) is 5.95. The van der Waals surface area contributed by atoms with Gasteiger partial charge in [-0.2, -0.15) is 0 Å². The van der Waals surface area contributed by atoms with E-state index in [-0.39, 0.29) is 0 Å². The van der Waals surface area contributed by atoms with E-state index in [0.29, 0.717) is 18.5 Å². The highest BCUT2D eigenvalue weighted by molar-refractivity contribution is 5.86. The van der Waals surface area contributed by atoms with E-state index in [1.54, 1.807) is 6.08 Å². The van der Waals surface area contributed by atoms with E-state index in [1.165, 1.54) is 32.4 Å². The Morgan fingerprint density at radius 3 is 2.67 bits per heavy atom. The minimum atomic E-state index is -0.797. The van der Waals surface area contributed by atoms with Crippen LogP contribution in [0.1, 0.15) is 32.6 Å². The normalized spacial score (nSPS) is 19.1. The van der Waals surface area contributed by atoms with Crippen LogP contribution in [0.3, 0.4) is 0 Å². The summed E-state index contributed by atoms with van der Waals surface area (Å²) >= 11 is 0. The molecule has 4 nitrogen and oxygen atoms in total. The van der Waals surface area contributed by atoms with Gasteiger partial charge in [-0.15, -0.1) is 0 Å². The highest BCUT2D eigenvalue weighted by Crippen LogP contribution is 2.18. The molecule has 104 valence electrons. The molecular formula is C14H26N2O2. The van der Waals surface area contributed by atoms with Crippen LogP contribution in [0.4, 0.5) is 0 Å². The van der Waals surface area contributed by atoms with Gasteiger partial charge in [0.25, 0.3) is 0 Å². The van der Waals surface area contributed by atoms with Gasteiger partial charge < -0.3 is 15.3 Å². The molecule has 0 aromatic heterocycles. The SMILES string of the molecule is CCC(=CCNCCC1CCN(C)CC1)C(=O)O. The Morgan fingerprint density at radius 1 is 1.44 bits per heavy atom. The fraction of sp³-hybridized carbons (Fsp3) is 0.786. The molecule has 0 atom stereocenters. The maximum atomic E-state index is 10.8. The number of rotatable bonds is 7. The molecule has 0 spiro atoms. The van der Waals surface area contributed by atoms with E-state index in [1.807, 2.05) is 6.92 Å². The number of nitrogens with zero attached hydrogens (tertiary/aromatic N) is 1. The van der Waals surface area contributed by atoms with Crippen molar-refractivity contribution in [3.8, 4) is 0 Å². The Morgan fingerprint density at radius 2 is 2.11 bits per heavy atom. The van der Waals surface area contributed by atoms with Gasteiger partial charge in [-0.25, -0.2) is 4.79 Å². The summed E-state index contributed by atoms with van der Waals surface area (Å²) in [6, 6.07) is 0. The van der Waals surface area contributed by atoms with Crippen molar-refractivity contribution in [3.63, 3.8) is 0 Å². The van der Waals surface area contributed by atoms with Crippen LogP contribution in [0.25, 0.3) is 0 Å². The lowest BCUT2D eigenvalue weighted by molar-refractivity contribution is -0.132. The predicted molar refractivity (Wildman–Crippen MR) is 73.7 cm³/mol. The second-order valence-electron chi connectivity index (χ2n) is 5.13. The number of hydrogen-bond acceptors (Lipinski definition) is 3. The third-order valence-electron chi connectivity index (χ3n) is 3.72. The molecule has 0 radical (unpaired) electrons. The summed E-state index contributed by atoms with van der Waals surface area (Å²) in [4.78, 5) is 13.2. The number of piperidine rings is 1. The molecule has 1 heterocycles. The number of carbonyl (C=O) groups is 1. The predicted octanol–water partition coefficient (Wildman–Crippen LogP) is 1.73. The van der Waals surface area contributed by atoms with Crippen molar-refractivity contribution in [2.45, 2.75) is 32.6 Å². The van der Waals surface area contributed by atoms with Crippen LogP contribution in [0.15, 0.2) is 11.6 Å². The quantitative estimate of drug-likeness (QED) is 0.536. The van der Waals surface area contributed by atoms with Crippen molar-refractivity contribution in [3.05, 3.63) is 11.6 Å². The lowest BCUT2D eigenvalue weighted by atomic mass is 9.94. The second kappa shape index (κ2) is 8.27. The molecule has 0 amide bonds. The van der Waals surface area contributed by atoms with Crippen molar-refractivity contribution in [2.24, 2.45) is 5.92 Å². The summed E-state index contributed by atoms with van der Waals surface area (Å²) in [5.74, 6) is 0.0393. The van der Waals surface area contributed by atoms with Gasteiger partial charge in [-0.1, -0.05) is 13.0 Å². The highest BCUT2D eigenvalue weighted by atomic mass is 16.4. The molecule has 0 unspecified atom stereocenters. The smallest absolute Gasteiger partial charge is 0.331 e. The molecule has 0 aromatic carbocycles. The van der Waals surface area contributed by atoms with Crippen LogP contribution in [-0.4, -0.2) is 49.2 Å². The van der Waals surface area contributed by atoms with E-state index in [9.17, 15) is 4.79 Å². The maximum absolute atomic E-state index is 10.8. The minimum Gasteiger partial charge on any atom is -0.478 e. The van der Waals surface area contributed by atoms with Gasteiger partial charge in [-0.05, 0) is 58.3 Å². The standard InChI is InChI=1S/C14H26N2O2/c1-3-13(14(17)18)5-9-15-8-4-12-6-10-16(2)11-7-12/h5,12,15H,3-4,6-11H2,1-2H3,(H,17,18). The van der Waals surface area contributed by atoms with Gasteiger partial charge in [0.15, 0.2) is 0 Å². The zero-order chi connectivity index (χ0) is 13.4. The topological polar surface area (TPSA) is 52.6 Å². The van der Waals surface area contributed by atoms with Crippen molar-refractivity contribution >= 4 is 5.97 Å². The molecule has 1 aliphatic heterocycles. The van der Waals surface area contributed by atoms with Crippen LogP contribution in [0, 0.1) is 5.92 Å². The second-order valence-corrected chi connectivity index (χ2v) is 5.13. The fourth-order valence-electron chi connectivity index (χ4n) is 2.34. The first-order valence-corrected chi connectivity index (χ1v) is 6.95. The number of hydrogen-bond donors (Lipinski definition) is 2. The maximum Gasteiger partial charge on any atom is 0.331 e. The van der Waals surface area contributed by atoms with Gasteiger partial charge in [0.05, 0.1) is 0 Å². The molecule has 0 aliphatic carbocycles. The Hall–Kier alpha value is -0.870. The van der Waals surface area contributed by atoms with E-state index in [4.69, 9.17) is 5.11 Å². The Labute approximate surface area is 110 Å². The van der Waals surface area contributed by atoms with Gasteiger partial charge in [0.2, 0.25) is 0 Å². The molecule has 2 N–H and O–H groups in total. The van der Waals surface area contributed by atoms with E-state index in [0.717, 1.165) is 12.5 Å².